The Labute approximate surface area is 307 Å². The Morgan fingerprint density at radius 2 is 1.04 bits per heavy atom. The lowest BCUT2D eigenvalue weighted by molar-refractivity contribution is -0.140. The van der Waals surface area contributed by atoms with Gasteiger partial charge < -0.3 is 31.3 Å². The number of nitrogens with one attached hydrogen (secondary N) is 5. The number of carbonyl (C=O) groups is 9. The van der Waals surface area contributed by atoms with Gasteiger partial charge in [-0.05, 0) is 12.5 Å². The van der Waals surface area contributed by atoms with Crippen LogP contribution in [0, 0.1) is 0 Å². The van der Waals surface area contributed by atoms with Crippen LogP contribution in [0.1, 0.15) is 65.2 Å². The van der Waals surface area contributed by atoms with Gasteiger partial charge in [0.1, 0.15) is 0 Å². The minimum Gasteiger partial charge on any atom is -0.384 e. The van der Waals surface area contributed by atoms with Crippen LogP contribution in [0.15, 0.2) is 0 Å². The van der Waals surface area contributed by atoms with E-state index in [-0.39, 0.29) is 114 Å². The summed E-state index contributed by atoms with van der Waals surface area (Å²) in [6.07, 6.45) is 4.41. The summed E-state index contributed by atoms with van der Waals surface area (Å²) in [6, 6.07) is -0.847. The Hall–Kier alpha value is -3.71. The topological polar surface area (TPSA) is 229 Å². The Kier molecular flexibility index (Phi) is 22.5. The molecule has 2 saturated heterocycles. The molecule has 0 aromatic rings. The van der Waals surface area contributed by atoms with Gasteiger partial charge in [-0.2, -0.15) is 23.5 Å². The van der Waals surface area contributed by atoms with E-state index in [9.17, 15) is 43.2 Å². The standard InChI is InChI=1S/C29H45N7O10S2.C3H8/c1-46-13-6-23(39)34-18(14-24(40)32-9-7-30-21(37)4-11-35-26(42)16-19(47-2)28(35)44)15-25(41)33-10-8-31-22(38)5-12-36-27(43)17-20(48-3)29(36)45;1-3-2/h18-20H,4-17H2,1-3H3,(H,30,37)(H,31,38)(H,32,40)(H,33,41)(H,34,39);3H2,1-2H3. The van der Waals surface area contributed by atoms with Crippen molar-refractivity contribution in [1.29, 1.82) is 0 Å². The Balaban J connectivity index is 0.00000418. The Bertz CT molecular complexity index is 1160. The summed E-state index contributed by atoms with van der Waals surface area (Å²) in [4.78, 5) is 112. The third-order valence-corrected chi connectivity index (χ3v) is 9.27. The predicted octanol–water partition coefficient (Wildman–Crippen LogP) is -1.07. The lowest BCUT2D eigenvalue weighted by atomic mass is 10.1. The zero-order chi connectivity index (χ0) is 38.3. The highest BCUT2D eigenvalue weighted by Crippen LogP contribution is 2.24. The molecule has 2 atom stereocenters. The number of hydrogen-bond acceptors (Lipinski definition) is 12. The zero-order valence-corrected chi connectivity index (χ0v) is 31.8. The van der Waals surface area contributed by atoms with Crippen molar-refractivity contribution < 1.29 is 47.9 Å². The molecule has 5 N–H and O–H groups in total. The number of carbonyl (C=O) groups excluding carboxylic acids is 9. The van der Waals surface area contributed by atoms with E-state index in [0.29, 0.717) is 0 Å². The number of likely N-dealkylation sites (tertiary alicyclic amines) is 2. The lowest BCUT2D eigenvalue weighted by Crippen LogP contribution is -2.44. The molecule has 51 heavy (non-hydrogen) atoms. The van der Waals surface area contributed by atoms with Crippen molar-refractivity contribution in [2.75, 3.05) is 65.5 Å². The average molecular weight is 760 g/mol. The van der Waals surface area contributed by atoms with Crippen LogP contribution >= 0.6 is 23.5 Å². The summed E-state index contributed by atoms with van der Waals surface area (Å²) in [5, 5.41) is 12.2. The van der Waals surface area contributed by atoms with Crippen molar-refractivity contribution in [2.24, 2.45) is 0 Å². The van der Waals surface area contributed by atoms with E-state index < -0.39 is 46.1 Å². The number of amides is 9. The van der Waals surface area contributed by atoms with Crippen LogP contribution in [-0.4, -0.2) is 145 Å². The van der Waals surface area contributed by atoms with Gasteiger partial charge in [-0.15, -0.1) is 0 Å². The number of methoxy groups -OCH3 is 1. The molecule has 2 aliphatic rings. The van der Waals surface area contributed by atoms with Crippen LogP contribution < -0.4 is 26.6 Å². The van der Waals surface area contributed by atoms with Gasteiger partial charge in [0.2, 0.25) is 53.2 Å². The van der Waals surface area contributed by atoms with Crippen molar-refractivity contribution in [1.82, 2.24) is 36.4 Å². The van der Waals surface area contributed by atoms with Crippen LogP contribution in [0.4, 0.5) is 0 Å². The van der Waals surface area contributed by atoms with E-state index in [1.54, 1.807) is 12.5 Å². The molecule has 9 amide bonds. The van der Waals surface area contributed by atoms with Crippen molar-refractivity contribution in [3.8, 4) is 0 Å². The molecule has 2 aliphatic heterocycles. The van der Waals surface area contributed by atoms with Crippen LogP contribution in [-0.2, 0) is 47.9 Å². The quantitative estimate of drug-likeness (QED) is 0.0657. The summed E-state index contributed by atoms with van der Waals surface area (Å²) in [7, 11) is 1.43. The molecule has 0 aromatic heterocycles. The summed E-state index contributed by atoms with van der Waals surface area (Å²) in [5.41, 5.74) is 0. The number of imide groups is 2. The molecule has 0 radical (unpaired) electrons. The summed E-state index contributed by atoms with van der Waals surface area (Å²) >= 11 is 2.58. The molecule has 17 nitrogen and oxygen atoms in total. The van der Waals surface area contributed by atoms with E-state index in [0.717, 1.165) is 9.80 Å². The van der Waals surface area contributed by atoms with Gasteiger partial charge in [0.25, 0.3) is 0 Å². The highest BCUT2D eigenvalue weighted by molar-refractivity contribution is 8.00. The fourth-order valence-electron chi connectivity index (χ4n) is 4.82. The van der Waals surface area contributed by atoms with E-state index in [2.05, 4.69) is 40.4 Å². The second-order valence-electron chi connectivity index (χ2n) is 11.6. The molecule has 0 spiro atoms. The first kappa shape index (κ1) is 45.3. The molecule has 0 aliphatic carbocycles. The van der Waals surface area contributed by atoms with E-state index >= 15 is 0 Å². The monoisotopic (exact) mass is 759 g/mol. The molecule has 288 valence electrons. The normalized spacial score (nSPS) is 17.4. The second kappa shape index (κ2) is 25.3. The molecule has 0 saturated carbocycles. The van der Waals surface area contributed by atoms with Crippen molar-refractivity contribution in [3.63, 3.8) is 0 Å². The fourth-order valence-corrected chi connectivity index (χ4v) is 6.09. The highest BCUT2D eigenvalue weighted by Gasteiger charge is 2.38. The maximum atomic E-state index is 12.6. The van der Waals surface area contributed by atoms with Gasteiger partial charge in [-0.1, -0.05) is 20.3 Å². The zero-order valence-electron chi connectivity index (χ0n) is 30.1. The summed E-state index contributed by atoms with van der Waals surface area (Å²) in [6.45, 7) is 4.65. The number of thioether (sulfide) groups is 2. The predicted molar refractivity (Wildman–Crippen MR) is 192 cm³/mol. The van der Waals surface area contributed by atoms with Crippen LogP contribution in [0.3, 0.4) is 0 Å². The molecule has 19 heteroatoms. The largest absolute Gasteiger partial charge is 0.384 e. The number of nitrogens with zero attached hydrogens (tertiary/aromatic N) is 2. The average Bonchev–Trinajstić information content (AvgIpc) is 3.53. The van der Waals surface area contributed by atoms with E-state index in [1.807, 2.05) is 0 Å². The smallest absolute Gasteiger partial charge is 0.242 e. The molecule has 2 unspecified atom stereocenters. The lowest BCUT2D eigenvalue weighted by Gasteiger charge is -2.19. The first-order valence-corrected chi connectivity index (χ1v) is 19.5. The number of hydrogen-bond donors (Lipinski definition) is 5. The Morgan fingerprint density at radius 1 is 0.667 bits per heavy atom. The summed E-state index contributed by atoms with van der Waals surface area (Å²) < 4.78 is 4.90. The van der Waals surface area contributed by atoms with Crippen LogP contribution in [0.2, 0.25) is 0 Å². The van der Waals surface area contributed by atoms with Gasteiger partial charge in [0, 0.05) is 97.4 Å². The van der Waals surface area contributed by atoms with Crippen molar-refractivity contribution in [2.45, 2.75) is 81.8 Å². The number of rotatable bonds is 22. The SMILES string of the molecule is CCC.COCCC(=O)NC(CC(=O)NCCNC(=O)CCN1C(=O)CC(SC)C1=O)CC(=O)NCCNC(=O)CCN1C(=O)CC(SC)C1=O. The molecule has 2 rings (SSSR count). The van der Waals surface area contributed by atoms with Gasteiger partial charge >= 0.3 is 0 Å². The minimum atomic E-state index is -0.847. The van der Waals surface area contributed by atoms with Gasteiger partial charge in [-0.25, -0.2) is 0 Å². The molecular weight excluding hydrogens is 707 g/mol. The molecule has 2 heterocycles. The summed E-state index contributed by atoms with van der Waals surface area (Å²) in [5.74, 6) is -3.38. The van der Waals surface area contributed by atoms with Gasteiger partial charge in [0.05, 0.1) is 17.1 Å². The molecule has 0 aromatic carbocycles. The van der Waals surface area contributed by atoms with Gasteiger partial charge in [0.15, 0.2) is 0 Å². The molecule has 0 bridgehead atoms. The maximum Gasteiger partial charge on any atom is 0.242 e. The van der Waals surface area contributed by atoms with Crippen molar-refractivity contribution >= 4 is 76.7 Å². The van der Waals surface area contributed by atoms with Crippen molar-refractivity contribution in [3.05, 3.63) is 0 Å². The maximum absolute atomic E-state index is 12.6. The number of ether oxygens (including phenoxy) is 1. The minimum absolute atomic E-state index is 0.0201. The first-order chi connectivity index (χ1) is 24.3. The molecule has 2 fully saturated rings. The highest BCUT2D eigenvalue weighted by atomic mass is 32.2. The van der Waals surface area contributed by atoms with Crippen LogP contribution in [0.5, 0.6) is 0 Å². The van der Waals surface area contributed by atoms with E-state index in [4.69, 9.17) is 4.74 Å². The third kappa shape index (κ3) is 17.4. The van der Waals surface area contributed by atoms with Gasteiger partial charge in [-0.3, -0.25) is 53.0 Å². The van der Waals surface area contributed by atoms with E-state index in [1.165, 1.54) is 37.1 Å². The van der Waals surface area contributed by atoms with Crippen LogP contribution in [0.25, 0.3) is 0 Å². The third-order valence-electron chi connectivity index (χ3n) is 7.40. The Morgan fingerprint density at radius 3 is 1.37 bits per heavy atom. The molecular formula is C32H53N7O10S2. The first-order valence-electron chi connectivity index (χ1n) is 16.9. The second-order valence-corrected chi connectivity index (χ2v) is 13.7. The fraction of sp³-hybridized carbons (Fsp3) is 0.719.